The number of allylic oxidation sites excluding steroid dienone is 1. The Morgan fingerprint density at radius 2 is 1.29 bits per heavy atom. The number of hydrogen-bond acceptors (Lipinski definition) is 14. The van der Waals surface area contributed by atoms with E-state index in [0.717, 1.165) is 6.08 Å². The zero-order valence-corrected chi connectivity index (χ0v) is 34.9. The smallest absolute Gasteiger partial charge is 0.336 e. The first-order valence-corrected chi connectivity index (χ1v) is 19.9. The van der Waals surface area contributed by atoms with Gasteiger partial charge < -0.3 is 33.9 Å². The molecule has 0 aliphatic rings. The van der Waals surface area contributed by atoms with Gasteiger partial charge in [0, 0.05) is 25.2 Å². The Morgan fingerprint density at radius 3 is 1.78 bits per heavy atom. The van der Waals surface area contributed by atoms with Crippen LogP contribution >= 0.6 is 0 Å². The summed E-state index contributed by atoms with van der Waals surface area (Å²) in [7, 11) is -2.49. The summed E-state index contributed by atoms with van der Waals surface area (Å²) in [4.78, 5) is 64.4. The van der Waals surface area contributed by atoms with Gasteiger partial charge in [-0.2, -0.15) is 0 Å². The number of nitrogens with zero attached hydrogens (tertiary/aromatic N) is 3. The van der Waals surface area contributed by atoms with Crippen LogP contribution in [0.5, 0.6) is 11.5 Å². The van der Waals surface area contributed by atoms with Crippen molar-refractivity contribution in [3.8, 4) is 11.5 Å². The number of methoxy groups -OCH3 is 1. The van der Waals surface area contributed by atoms with Crippen LogP contribution < -0.4 is 26.5 Å². The molecule has 0 radical (unpaired) electrons. The summed E-state index contributed by atoms with van der Waals surface area (Å²) in [6.07, 6.45) is -1.46. The summed E-state index contributed by atoms with van der Waals surface area (Å²) < 4.78 is 55.9. The minimum absolute atomic E-state index is 0.0301. The number of benzene rings is 2. The predicted octanol–water partition coefficient (Wildman–Crippen LogP) is 2.08. The van der Waals surface area contributed by atoms with Gasteiger partial charge in [-0.15, -0.1) is 6.58 Å². The Bertz CT molecular complexity index is 2260. The van der Waals surface area contributed by atoms with E-state index in [1.54, 1.807) is 46.8 Å². The van der Waals surface area contributed by atoms with Gasteiger partial charge in [0.05, 0.1) is 55.3 Å². The van der Waals surface area contributed by atoms with Gasteiger partial charge in [-0.3, -0.25) is 0 Å². The zero-order valence-electron chi connectivity index (χ0n) is 34.1. The number of sulfone groups is 1. The molecular weight excluding hydrogens is 779 g/mol. The molecule has 1 aromatic heterocycles. The lowest BCUT2D eigenvalue weighted by Crippen LogP contribution is -2.56. The van der Waals surface area contributed by atoms with Gasteiger partial charge >= 0.3 is 29.0 Å². The van der Waals surface area contributed by atoms with Gasteiger partial charge in [0.25, 0.3) is 0 Å². The van der Waals surface area contributed by atoms with Crippen LogP contribution in [0.3, 0.4) is 0 Å². The third kappa shape index (κ3) is 11.9. The fraction of sp³-hybridized carbons (Fsp3) is 0.475. The van der Waals surface area contributed by atoms with E-state index >= 15 is 0 Å². The maximum absolute atomic E-state index is 13.7. The zero-order chi connectivity index (χ0) is 43.5. The number of hydrogen-bond donors (Lipinski definition) is 2. The molecule has 0 amide bonds. The van der Waals surface area contributed by atoms with Crippen LogP contribution in [0.15, 0.2) is 72.7 Å². The number of carbonyl (C=O) groups excluding carboxylic acids is 2. The molecule has 17 nitrogen and oxygen atoms in total. The fourth-order valence-electron chi connectivity index (χ4n) is 6.01. The first kappa shape index (κ1) is 47.1. The van der Waals surface area contributed by atoms with Gasteiger partial charge in [-0.25, -0.2) is 46.1 Å². The molecule has 3 atom stereocenters. The number of carbonyl (C=O) groups is 2. The Balaban J connectivity index is 1.74. The van der Waals surface area contributed by atoms with Crippen molar-refractivity contribution >= 4 is 21.8 Å². The second-order valence-electron chi connectivity index (χ2n) is 13.8. The van der Waals surface area contributed by atoms with E-state index in [0.29, 0.717) is 48.3 Å². The topological polar surface area (TPSA) is 221 Å². The largest absolute Gasteiger partial charge is 0.493 e. The van der Waals surface area contributed by atoms with Crippen LogP contribution in [0.25, 0.3) is 0 Å². The molecule has 18 heteroatoms. The summed E-state index contributed by atoms with van der Waals surface area (Å²) in [5.41, 5.74) is -0.964. The van der Waals surface area contributed by atoms with E-state index in [4.69, 9.17) is 23.7 Å². The molecule has 0 spiro atoms. The third-order valence-electron chi connectivity index (χ3n) is 8.74. The Hall–Kier alpha value is -5.30. The number of aliphatic hydroxyl groups excluding tert-OH is 2. The van der Waals surface area contributed by atoms with Gasteiger partial charge in [0.15, 0.2) is 0 Å². The standard InChI is InChI=1S/C40H53N3O14S/c1-10-13-41-38(48)42(20-30(44)12-14-55-34(46)19-28(7)37(47)57-29(8)22-53-9)40(50)43(39(41)49)21-31(45)23-56-36-26(5)17-33(18-27(36)6)58(51,52)32-15-24(3)35(54-11-2)25(4)16-32/h10,15-19,29-31,44-45H,1,11-14,20-23H2,2-9H3/b28-19-. The first-order chi connectivity index (χ1) is 27.3. The number of aryl methyl sites for hydroxylation is 4. The molecule has 2 aromatic carbocycles. The van der Waals surface area contributed by atoms with E-state index in [1.807, 2.05) is 6.92 Å². The van der Waals surface area contributed by atoms with Crippen molar-refractivity contribution < 1.29 is 51.9 Å². The van der Waals surface area contributed by atoms with E-state index < -0.39 is 76.9 Å². The molecule has 0 saturated carbocycles. The highest BCUT2D eigenvalue weighted by Crippen LogP contribution is 2.33. The van der Waals surface area contributed by atoms with Gasteiger partial charge in [-0.05, 0) is 95.0 Å². The lowest BCUT2D eigenvalue weighted by Gasteiger charge is -2.19. The maximum Gasteiger partial charge on any atom is 0.336 e. The molecule has 3 unspecified atom stereocenters. The number of ether oxygens (including phenoxy) is 5. The average molecular weight is 832 g/mol. The van der Waals surface area contributed by atoms with Crippen molar-refractivity contribution in [2.75, 3.05) is 33.5 Å². The van der Waals surface area contributed by atoms with E-state index in [1.165, 1.54) is 32.2 Å². The monoisotopic (exact) mass is 831 g/mol. The molecule has 3 rings (SSSR count). The maximum atomic E-state index is 13.7. The first-order valence-electron chi connectivity index (χ1n) is 18.5. The molecule has 58 heavy (non-hydrogen) atoms. The molecule has 2 N–H and O–H groups in total. The average Bonchev–Trinajstić information content (AvgIpc) is 3.14. The molecule has 1 heterocycles. The minimum atomic E-state index is -3.94. The fourth-order valence-corrected chi connectivity index (χ4v) is 7.61. The van der Waals surface area contributed by atoms with Gasteiger partial charge in [0.1, 0.15) is 30.3 Å². The van der Waals surface area contributed by atoms with Crippen molar-refractivity contribution in [1.29, 1.82) is 0 Å². The van der Waals surface area contributed by atoms with Crippen LogP contribution in [-0.4, -0.2) is 96.1 Å². The summed E-state index contributed by atoms with van der Waals surface area (Å²) in [6.45, 7) is 13.5. The highest BCUT2D eigenvalue weighted by molar-refractivity contribution is 7.91. The lowest BCUT2D eigenvalue weighted by molar-refractivity contribution is -0.146. The predicted molar refractivity (Wildman–Crippen MR) is 212 cm³/mol. The number of rotatable bonds is 21. The number of aromatic nitrogens is 3. The normalized spacial score (nSPS) is 13.4. The highest BCUT2D eigenvalue weighted by atomic mass is 32.2. The summed E-state index contributed by atoms with van der Waals surface area (Å²) >= 11 is 0. The molecule has 0 fully saturated rings. The van der Waals surface area contributed by atoms with Crippen LogP contribution in [0, 0.1) is 27.7 Å². The second-order valence-corrected chi connectivity index (χ2v) is 15.7. The van der Waals surface area contributed by atoms with E-state index in [2.05, 4.69) is 6.58 Å². The molecule has 0 aliphatic heterocycles. The third-order valence-corrected chi connectivity index (χ3v) is 10.5. The van der Waals surface area contributed by atoms with Crippen LogP contribution in [-0.2, 0) is 53.3 Å². The molecule has 3 aromatic rings. The van der Waals surface area contributed by atoms with Crippen LogP contribution in [0.2, 0.25) is 0 Å². The van der Waals surface area contributed by atoms with Gasteiger partial charge in [0.2, 0.25) is 9.84 Å². The van der Waals surface area contributed by atoms with Crippen molar-refractivity contribution in [2.45, 2.75) is 103 Å². The Kier molecular flexibility index (Phi) is 17.0. The Morgan fingerprint density at radius 1 is 0.810 bits per heavy atom. The van der Waals surface area contributed by atoms with E-state index in [9.17, 15) is 42.6 Å². The molecule has 0 saturated heterocycles. The molecular formula is C40H53N3O14S. The van der Waals surface area contributed by atoms with Crippen molar-refractivity contribution in [2.24, 2.45) is 0 Å². The number of esters is 2. The summed E-state index contributed by atoms with van der Waals surface area (Å²) in [6, 6.07) is 6.01. The van der Waals surface area contributed by atoms with Crippen LogP contribution in [0.1, 0.15) is 49.4 Å². The second kappa shape index (κ2) is 20.9. The van der Waals surface area contributed by atoms with Crippen molar-refractivity contribution in [3.63, 3.8) is 0 Å². The van der Waals surface area contributed by atoms with Crippen molar-refractivity contribution in [1.82, 2.24) is 13.7 Å². The van der Waals surface area contributed by atoms with Gasteiger partial charge in [-0.1, -0.05) is 6.08 Å². The quantitative estimate of drug-likeness (QED) is 0.0892. The molecule has 0 bridgehead atoms. The molecule has 318 valence electrons. The van der Waals surface area contributed by atoms with Crippen LogP contribution in [0.4, 0.5) is 0 Å². The Labute approximate surface area is 336 Å². The molecule has 0 aliphatic carbocycles. The summed E-state index contributed by atoms with van der Waals surface area (Å²) in [5, 5.41) is 21.6. The van der Waals surface area contributed by atoms with E-state index in [-0.39, 0.29) is 47.3 Å². The number of aliphatic hydroxyl groups is 2. The highest BCUT2D eigenvalue weighted by Gasteiger charge is 2.24. The SMILES string of the molecule is C=CCn1c(=O)n(CC(O)CCOC(=O)/C=C(/C)C(=O)OC(C)COC)c(=O)n(CC(O)COc2c(C)cc(S(=O)(=O)c3cc(C)c(OCC)c(C)c3)cc2C)c1=O. The summed E-state index contributed by atoms with van der Waals surface area (Å²) in [5.74, 6) is -0.732. The minimum Gasteiger partial charge on any atom is -0.493 e. The van der Waals surface area contributed by atoms with Crippen molar-refractivity contribution in [3.05, 3.63) is 102 Å². The lowest BCUT2D eigenvalue weighted by atomic mass is 10.1.